The van der Waals surface area contributed by atoms with Crippen molar-refractivity contribution in [3.63, 3.8) is 0 Å². The van der Waals surface area contributed by atoms with E-state index in [9.17, 15) is 4.79 Å². The van der Waals surface area contributed by atoms with E-state index in [4.69, 9.17) is 5.73 Å². The first-order valence-corrected chi connectivity index (χ1v) is 5.74. The summed E-state index contributed by atoms with van der Waals surface area (Å²) in [5.74, 6) is 0.135. The van der Waals surface area contributed by atoms with Gasteiger partial charge in [0, 0.05) is 18.5 Å². The van der Waals surface area contributed by atoms with Gasteiger partial charge < -0.3 is 11.1 Å². The number of hydrogen-bond acceptors (Lipinski definition) is 2. The summed E-state index contributed by atoms with van der Waals surface area (Å²) in [5, 5.41) is 3.10. The van der Waals surface area contributed by atoms with Gasteiger partial charge in [0.1, 0.15) is 0 Å². The summed E-state index contributed by atoms with van der Waals surface area (Å²) in [6.45, 7) is 10.7. The Balaban J connectivity index is 2.36. The number of carbonyl (C=O) groups is 1. The summed E-state index contributed by atoms with van der Waals surface area (Å²) in [4.78, 5) is 11.6. The van der Waals surface area contributed by atoms with E-state index < -0.39 is 0 Å². The first-order chi connectivity index (χ1) is 6.69. The van der Waals surface area contributed by atoms with Gasteiger partial charge in [-0.2, -0.15) is 0 Å². The van der Waals surface area contributed by atoms with E-state index in [1.165, 1.54) is 0 Å². The highest BCUT2D eigenvalue weighted by Crippen LogP contribution is 2.62. The molecular formula is C12H24N2O. The smallest absolute Gasteiger partial charge is 0.220 e. The monoisotopic (exact) mass is 212 g/mol. The predicted octanol–water partition coefficient (Wildman–Crippen LogP) is 1.66. The van der Waals surface area contributed by atoms with Crippen molar-refractivity contribution in [3.8, 4) is 0 Å². The molecule has 1 atom stereocenters. The number of rotatable bonds is 4. The second kappa shape index (κ2) is 3.78. The van der Waals surface area contributed by atoms with E-state index in [0.717, 1.165) is 6.42 Å². The van der Waals surface area contributed by atoms with Gasteiger partial charge in [0.15, 0.2) is 0 Å². The van der Waals surface area contributed by atoms with E-state index in [-0.39, 0.29) is 22.8 Å². The van der Waals surface area contributed by atoms with E-state index in [2.05, 4.69) is 33.0 Å². The number of hydrogen-bond donors (Lipinski definition) is 2. The maximum atomic E-state index is 11.6. The van der Waals surface area contributed by atoms with Gasteiger partial charge in [-0.05, 0) is 24.2 Å². The third-order valence-electron chi connectivity index (χ3n) is 4.15. The van der Waals surface area contributed by atoms with Gasteiger partial charge in [0.05, 0.1) is 0 Å². The van der Waals surface area contributed by atoms with Gasteiger partial charge >= 0.3 is 0 Å². The molecule has 3 heteroatoms. The molecular weight excluding hydrogens is 188 g/mol. The maximum Gasteiger partial charge on any atom is 0.220 e. The quantitative estimate of drug-likeness (QED) is 0.744. The standard InChI is InChI=1S/C12H24N2O/c1-8(13)6-7-9(15)14-10-11(2,3)12(10,4)5/h8,10H,6-7,13H2,1-5H3,(H,14,15). The normalized spacial score (nSPS) is 24.7. The molecule has 1 rings (SSSR count). The highest BCUT2D eigenvalue weighted by Gasteiger charge is 2.65. The molecule has 3 nitrogen and oxygen atoms in total. The fourth-order valence-corrected chi connectivity index (χ4v) is 2.15. The van der Waals surface area contributed by atoms with Gasteiger partial charge in [0.25, 0.3) is 0 Å². The summed E-state index contributed by atoms with van der Waals surface area (Å²) in [5.41, 5.74) is 6.05. The molecule has 0 aromatic rings. The molecule has 0 radical (unpaired) electrons. The van der Waals surface area contributed by atoms with Gasteiger partial charge in [-0.15, -0.1) is 0 Å². The zero-order valence-electron chi connectivity index (χ0n) is 10.6. The molecule has 0 bridgehead atoms. The van der Waals surface area contributed by atoms with Gasteiger partial charge in [-0.25, -0.2) is 0 Å². The number of amides is 1. The molecule has 0 aliphatic heterocycles. The Hall–Kier alpha value is -0.570. The van der Waals surface area contributed by atoms with Gasteiger partial charge in [-0.1, -0.05) is 27.7 Å². The SMILES string of the molecule is CC(N)CCC(=O)NC1C(C)(C)C1(C)C. The highest BCUT2D eigenvalue weighted by atomic mass is 16.1. The Morgan fingerprint density at radius 1 is 1.33 bits per heavy atom. The molecule has 88 valence electrons. The van der Waals surface area contributed by atoms with Crippen LogP contribution in [0, 0.1) is 10.8 Å². The Labute approximate surface area is 92.8 Å². The Bertz CT molecular complexity index is 242. The van der Waals surface area contributed by atoms with Crippen molar-refractivity contribution in [2.45, 2.75) is 59.5 Å². The molecule has 1 aliphatic rings. The van der Waals surface area contributed by atoms with E-state index in [1.807, 2.05) is 6.92 Å². The van der Waals surface area contributed by atoms with Gasteiger partial charge in [-0.3, -0.25) is 4.79 Å². The molecule has 0 heterocycles. The van der Waals surface area contributed by atoms with Crippen molar-refractivity contribution in [2.75, 3.05) is 0 Å². The van der Waals surface area contributed by atoms with Crippen molar-refractivity contribution < 1.29 is 4.79 Å². The Kier molecular flexibility index (Phi) is 3.15. The van der Waals surface area contributed by atoms with Crippen molar-refractivity contribution in [1.29, 1.82) is 0 Å². The van der Waals surface area contributed by atoms with Crippen LogP contribution >= 0.6 is 0 Å². The first kappa shape index (κ1) is 12.5. The maximum absolute atomic E-state index is 11.6. The molecule has 1 saturated carbocycles. The summed E-state index contributed by atoms with van der Waals surface area (Å²) in [6, 6.07) is 0.418. The van der Waals surface area contributed by atoms with Crippen LogP contribution in [0.1, 0.15) is 47.5 Å². The van der Waals surface area contributed by atoms with Crippen molar-refractivity contribution in [3.05, 3.63) is 0 Å². The van der Waals surface area contributed by atoms with Crippen LogP contribution in [0.2, 0.25) is 0 Å². The van der Waals surface area contributed by atoms with Crippen LogP contribution in [-0.2, 0) is 4.79 Å². The van der Waals surface area contributed by atoms with Crippen LogP contribution in [0.4, 0.5) is 0 Å². The lowest BCUT2D eigenvalue weighted by molar-refractivity contribution is -0.121. The molecule has 0 aromatic carbocycles. The first-order valence-electron chi connectivity index (χ1n) is 5.74. The van der Waals surface area contributed by atoms with Crippen LogP contribution in [0.3, 0.4) is 0 Å². The second-order valence-corrected chi connectivity index (χ2v) is 5.96. The van der Waals surface area contributed by atoms with Crippen molar-refractivity contribution in [2.24, 2.45) is 16.6 Å². The van der Waals surface area contributed by atoms with Crippen LogP contribution in [0.5, 0.6) is 0 Å². The summed E-state index contributed by atoms with van der Waals surface area (Å²) in [7, 11) is 0. The molecule has 1 amide bonds. The lowest BCUT2D eigenvalue weighted by Crippen LogP contribution is -2.30. The molecule has 15 heavy (non-hydrogen) atoms. The minimum atomic E-state index is 0.107. The fourth-order valence-electron chi connectivity index (χ4n) is 2.15. The predicted molar refractivity (Wildman–Crippen MR) is 62.4 cm³/mol. The zero-order valence-corrected chi connectivity index (χ0v) is 10.6. The molecule has 0 saturated heterocycles. The molecule has 0 spiro atoms. The Morgan fingerprint density at radius 3 is 2.13 bits per heavy atom. The molecule has 1 fully saturated rings. The second-order valence-electron chi connectivity index (χ2n) is 5.96. The molecule has 1 aliphatic carbocycles. The minimum Gasteiger partial charge on any atom is -0.352 e. The lowest BCUT2D eigenvalue weighted by atomic mass is 10.0. The lowest BCUT2D eigenvalue weighted by Gasteiger charge is -2.08. The van der Waals surface area contributed by atoms with Crippen LogP contribution in [0.25, 0.3) is 0 Å². The van der Waals surface area contributed by atoms with Crippen LogP contribution < -0.4 is 11.1 Å². The largest absolute Gasteiger partial charge is 0.352 e. The number of nitrogens with one attached hydrogen (secondary N) is 1. The van der Waals surface area contributed by atoms with E-state index >= 15 is 0 Å². The zero-order chi connectivity index (χ0) is 11.9. The Morgan fingerprint density at radius 2 is 1.80 bits per heavy atom. The van der Waals surface area contributed by atoms with Crippen molar-refractivity contribution in [1.82, 2.24) is 5.32 Å². The minimum absolute atomic E-state index is 0.107. The molecule has 0 aromatic heterocycles. The van der Waals surface area contributed by atoms with E-state index in [0.29, 0.717) is 12.5 Å². The fraction of sp³-hybridized carbons (Fsp3) is 0.917. The average molecular weight is 212 g/mol. The third-order valence-corrected chi connectivity index (χ3v) is 4.15. The van der Waals surface area contributed by atoms with Crippen LogP contribution in [0.15, 0.2) is 0 Å². The number of carbonyl (C=O) groups excluding carboxylic acids is 1. The van der Waals surface area contributed by atoms with Crippen LogP contribution in [-0.4, -0.2) is 18.0 Å². The average Bonchev–Trinajstić information content (AvgIpc) is 2.44. The van der Waals surface area contributed by atoms with Gasteiger partial charge in [0.2, 0.25) is 5.91 Å². The summed E-state index contributed by atoms with van der Waals surface area (Å²) in [6.07, 6.45) is 1.31. The van der Waals surface area contributed by atoms with Crippen molar-refractivity contribution >= 4 is 5.91 Å². The molecule has 1 unspecified atom stereocenters. The highest BCUT2D eigenvalue weighted by molar-refractivity contribution is 5.77. The third kappa shape index (κ3) is 2.33. The molecule has 3 N–H and O–H groups in total. The summed E-state index contributed by atoms with van der Waals surface area (Å²) < 4.78 is 0. The summed E-state index contributed by atoms with van der Waals surface area (Å²) >= 11 is 0. The number of nitrogens with two attached hydrogens (primary N) is 1. The van der Waals surface area contributed by atoms with E-state index in [1.54, 1.807) is 0 Å². The topological polar surface area (TPSA) is 55.1 Å².